The molecule has 19 heavy (non-hydrogen) atoms. The minimum absolute atomic E-state index is 0.112. The maximum absolute atomic E-state index is 13.8. The van der Waals surface area contributed by atoms with E-state index in [0.717, 1.165) is 37.4 Å². The van der Waals surface area contributed by atoms with E-state index in [4.69, 9.17) is 0 Å². The van der Waals surface area contributed by atoms with Crippen LogP contribution in [0.4, 0.5) is 10.1 Å². The van der Waals surface area contributed by atoms with Crippen molar-refractivity contribution in [3.05, 3.63) is 29.6 Å². The summed E-state index contributed by atoms with van der Waals surface area (Å²) in [6, 6.07) is 6.01. The lowest BCUT2D eigenvalue weighted by Gasteiger charge is -2.39. The first-order chi connectivity index (χ1) is 9.17. The molecule has 0 aromatic heterocycles. The molecule has 0 saturated carbocycles. The molecule has 2 nitrogen and oxygen atoms in total. The second kappa shape index (κ2) is 6.71. The third-order valence-corrected chi connectivity index (χ3v) is 4.66. The summed E-state index contributed by atoms with van der Waals surface area (Å²) in [6.45, 7) is 8.59. The Hall–Kier alpha value is -0.610. The van der Waals surface area contributed by atoms with Gasteiger partial charge in [-0.25, -0.2) is 4.39 Å². The number of alkyl halides is 1. The molecule has 0 N–H and O–H groups in total. The zero-order chi connectivity index (χ0) is 13.8. The maximum Gasteiger partial charge on any atom is 0.129 e. The second-order valence-electron chi connectivity index (χ2n) is 5.15. The molecule has 4 heteroatoms. The van der Waals surface area contributed by atoms with Crippen molar-refractivity contribution in [1.29, 1.82) is 0 Å². The SMILES string of the molecule is CCC(C)N1CCN(c2cccc(F)c2CBr)CC1. The molecule has 1 saturated heterocycles. The highest BCUT2D eigenvalue weighted by atomic mass is 79.9. The topological polar surface area (TPSA) is 6.48 Å². The van der Waals surface area contributed by atoms with Crippen LogP contribution in [0.25, 0.3) is 0 Å². The van der Waals surface area contributed by atoms with Crippen molar-refractivity contribution in [2.24, 2.45) is 0 Å². The van der Waals surface area contributed by atoms with Gasteiger partial charge in [0.2, 0.25) is 0 Å². The molecule has 106 valence electrons. The Morgan fingerprint density at radius 3 is 2.53 bits per heavy atom. The van der Waals surface area contributed by atoms with E-state index in [1.807, 2.05) is 6.07 Å². The Morgan fingerprint density at radius 2 is 1.95 bits per heavy atom. The number of anilines is 1. The van der Waals surface area contributed by atoms with Gasteiger partial charge in [0.05, 0.1) is 0 Å². The molecule has 1 aromatic rings. The number of piperazine rings is 1. The van der Waals surface area contributed by atoms with Crippen molar-refractivity contribution < 1.29 is 4.39 Å². The fourth-order valence-electron chi connectivity index (χ4n) is 2.64. The van der Waals surface area contributed by atoms with Crippen molar-refractivity contribution in [2.75, 3.05) is 31.1 Å². The summed E-state index contributed by atoms with van der Waals surface area (Å²) in [7, 11) is 0. The molecule has 0 amide bonds. The van der Waals surface area contributed by atoms with Crippen molar-refractivity contribution in [1.82, 2.24) is 4.90 Å². The van der Waals surface area contributed by atoms with Gasteiger partial charge in [-0.15, -0.1) is 0 Å². The monoisotopic (exact) mass is 328 g/mol. The Labute approximate surface area is 123 Å². The van der Waals surface area contributed by atoms with Crippen LogP contribution in [-0.2, 0) is 5.33 Å². The van der Waals surface area contributed by atoms with E-state index in [9.17, 15) is 4.39 Å². The largest absolute Gasteiger partial charge is 0.369 e. The summed E-state index contributed by atoms with van der Waals surface area (Å²) >= 11 is 3.39. The molecule has 2 rings (SSSR count). The number of rotatable bonds is 4. The molecule has 0 spiro atoms. The lowest BCUT2D eigenvalue weighted by Crippen LogP contribution is -2.49. The van der Waals surface area contributed by atoms with Crippen molar-refractivity contribution in [3.63, 3.8) is 0 Å². The number of halogens is 2. The maximum atomic E-state index is 13.8. The van der Waals surface area contributed by atoms with Gasteiger partial charge in [-0.2, -0.15) is 0 Å². The van der Waals surface area contributed by atoms with E-state index in [0.29, 0.717) is 11.4 Å². The fourth-order valence-corrected chi connectivity index (χ4v) is 3.19. The van der Waals surface area contributed by atoms with Gasteiger partial charge in [-0.3, -0.25) is 4.90 Å². The summed E-state index contributed by atoms with van der Waals surface area (Å²) in [6.07, 6.45) is 1.19. The molecule has 1 unspecified atom stereocenters. The normalized spacial score (nSPS) is 18.6. The van der Waals surface area contributed by atoms with Crippen LogP contribution in [0.2, 0.25) is 0 Å². The highest BCUT2D eigenvalue weighted by molar-refractivity contribution is 9.08. The molecule has 1 aliphatic heterocycles. The average Bonchev–Trinajstić information content (AvgIpc) is 2.46. The highest BCUT2D eigenvalue weighted by Gasteiger charge is 2.22. The van der Waals surface area contributed by atoms with Gasteiger partial charge in [0.25, 0.3) is 0 Å². The van der Waals surface area contributed by atoms with Crippen molar-refractivity contribution in [2.45, 2.75) is 31.6 Å². The first kappa shape index (κ1) is 14.8. The Morgan fingerprint density at radius 1 is 1.26 bits per heavy atom. The number of hydrogen-bond donors (Lipinski definition) is 0. The summed E-state index contributed by atoms with van der Waals surface area (Å²) in [5.41, 5.74) is 1.82. The zero-order valence-corrected chi connectivity index (χ0v) is 13.3. The molecule has 0 aliphatic carbocycles. The molecule has 0 radical (unpaired) electrons. The summed E-state index contributed by atoms with van der Waals surface area (Å²) in [5.74, 6) is -0.112. The van der Waals surface area contributed by atoms with Crippen LogP contribution in [0.3, 0.4) is 0 Å². The third kappa shape index (κ3) is 3.29. The van der Waals surface area contributed by atoms with Crippen molar-refractivity contribution in [3.8, 4) is 0 Å². The zero-order valence-electron chi connectivity index (χ0n) is 11.7. The van der Waals surface area contributed by atoms with Gasteiger partial charge in [-0.1, -0.05) is 28.9 Å². The minimum atomic E-state index is -0.112. The van der Waals surface area contributed by atoms with E-state index in [1.54, 1.807) is 6.07 Å². The van der Waals surface area contributed by atoms with Crippen LogP contribution in [0.1, 0.15) is 25.8 Å². The van der Waals surface area contributed by atoms with Gasteiger partial charge in [0.15, 0.2) is 0 Å². The molecule has 1 aliphatic rings. The molecule has 1 heterocycles. The molecule has 1 atom stereocenters. The Bertz CT molecular complexity index is 417. The number of hydrogen-bond acceptors (Lipinski definition) is 2. The summed E-state index contributed by atoms with van der Waals surface area (Å²) in [5, 5.41) is 0.570. The smallest absolute Gasteiger partial charge is 0.129 e. The fraction of sp³-hybridized carbons (Fsp3) is 0.600. The average molecular weight is 329 g/mol. The van der Waals surface area contributed by atoms with E-state index < -0.39 is 0 Å². The number of nitrogens with zero attached hydrogens (tertiary/aromatic N) is 2. The predicted molar refractivity (Wildman–Crippen MR) is 82.6 cm³/mol. The first-order valence-electron chi connectivity index (χ1n) is 6.99. The van der Waals surface area contributed by atoms with Gasteiger partial charge in [-0.05, 0) is 25.5 Å². The Kier molecular flexibility index (Phi) is 5.22. The van der Waals surface area contributed by atoms with Gasteiger partial charge < -0.3 is 4.90 Å². The molecule has 1 aromatic carbocycles. The number of benzene rings is 1. The van der Waals surface area contributed by atoms with Crippen LogP contribution in [0, 0.1) is 5.82 Å². The van der Waals surface area contributed by atoms with Crippen LogP contribution in [-0.4, -0.2) is 37.1 Å². The molecule has 0 bridgehead atoms. The third-order valence-electron chi connectivity index (χ3n) is 4.10. The van der Waals surface area contributed by atoms with Gasteiger partial charge in [0, 0.05) is 48.8 Å². The molecular formula is C15H22BrFN2. The first-order valence-corrected chi connectivity index (χ1v) is 8.11. The van der Waals surface area contributed by atoms with E-state index >= 15 is 0 Å². The minimum Gasteiger partial charge on any atom is -0.369 e. The summed E-state index contributed by atoms with van der Waals surface area (Å²) in [4.78, 5) is 4.82. The Balaban J connectivity index is 2.08. The predicted octanol–water partition coefficient (Wildman–Crippen LogP) is 3.64. The second-order valence-corrected chi connectivity index (χ2v) is 5.71. The van der Waals surface area contributed by atoms with E-state index in [2.05, 4.69) is 39.6 Å². The lowest BCUT2D eigenvalue weighted by molar-refractivity contribution is 0.192. The van der Waals surface area contributed by atoms with E-state index in [1.165, 1.54) is 12.5 Å². The van der Waals surface area contributed by atoms with E-state index in [-0.39, 0.29) is 5.82 Å². The van der Waals surface area contributed by atoms with Crippen LogP contribution >= 0.6 is 15.9 Å². The quantitative estimate of drug-likeness (QED) is 0.778. The van der Waals surface area contributed by atoms with Crippen LogP contribution in [0.15, 0.2) is 18.2 Å². The highest BCUT2D eigenvalue weighted by Crippen LogP contribution is 2.26. The molecule has 1 fully saturated rings. The molecular weight excluding hydrogens is 307 g/mol. The van der Waals surface area contributed by atoms with Gasteiger partial charge >= 0.3 is 0 Å². The van der Waals surface area contributed by atoms with Crippen molar-refractivity contribution >= 4 is 21.6 Å². The van der Waals surface area contributed by atoms with Crippen LogP contribution in [0.5, 0.6) is 0 Å². The standard InChI is InChI=1S/C15H22BrFN2/c1-3-12(2)18-7-9-19(10-8-18)15-6-4-5-14(17)13(15)11-16/h4-6,12H,3,7-11H2,1-2H3. The summed E-state index contributed by atoms with van der Waals surface area (Å²) < 4.78 is 13.8. The lowest BCUT2D eigenvalue weighted by atomic mass is 10.1. The van der Waals surface area contributed by atoms with Crippen LogP contribution < -0.4 is 4.90 Å². The van der Waals surface area contributed by atoms with Gasteiger partial charge in [0.1, 0.15) is 5.82 Å².